The molecule has 1 aliphatic carbocycles. The predicted molar refractivity (Wildman–Crippen MR) is 165 cm³/mol. The Kier molecular flexibility index (Phi) is 8.90. The van der Waals surface area contributed by atoms with E-state index in [1.165, 1.54) is 23.2 Å². The lowest BCUT2D eigenvalue weighted by Gasteiger charge is -2.20. The van der Waals surface area contributed by atoms with Gasteiger partial charge < -0.3 is 30.9 Å². The van der Waals surface area contributed by atoms with Crippen LogP contribution in [0.4, 0.5) is 5.69 Å². The van der Waals surface area contributed by atoms with Gasteiger partial charge in [0.25, 0.3) is 0 Å². The van der Waals surface area contributed by atoms with Gasteiger partial charge in [-0.05, 0) is 47.4 Å². The monoisotopic (exact) mass is 566 g/mol. The zero-order valence-electron chi connectivity index (χ0n) is 24.0. The third kappa shape index (κ3) is 6.82. The molecule has 1 saturated carbocycles. The number of hydrogen-bond donors (Lipinski definition) is 4. The molecule has 0 aromatic heterocycles. The number of fused-ring (bicyclic) bond motifs is 1. The summed E-state index contributed by atoms with van der Waals surface area (Å²) in [5.74, 6) is 6.09. The number of benzene rings is 3. The van der Waals surface area contributed by atoms with E-state index in [0.29, 0.717) is 18.0 Å². The molecular formula is C33H38N6O3. The molecule has 2 atom stereocenters. The zero-order valence-corrected chi connectivity index (χ0v) is 24.0. The van der Waals surface area contributed by atoms with E-state index in [4.69, 9.17) is 26.5 Å². The smallest absolute Gasteiger partial charge is 0.341 e. The summed E-state index contributed by atoms with van der Waals surface area (Å²) in [6.45, 7) is 3.17. The van der Waals surface area contributed by atoms with Crippen LogP contribution in [0.15, 0.2) is 96.0 Å². The minimum atomic E-state index is -0.568. The summed E-state index contributed by atoms with van der Waals surface area (Å²) >= 11 is 0. The minimum Gasteiger partial charge on any atom is -0.492 e. The van der Waals surface area contributed by atoms with Gasteiger partial charge in [0.05, 0.1) is 12.7 Å². The molecule has 1 fully saturated rings. The van der Waals surface area contributed by atoms with Crippen molar-refractivity contribution in [3.8, 4) is 16.9 Å². The number of para-hydroxylation sites is 1. The Bertz CT molecular complexity index is 1510. The van der Waals surface area contributed by atoms with Crippen molar-refractivity contribution in [2.24, 2.45) is 23.4 Å². The van der Waals surface area contributed by atoms with Crippen molar-refractivity contribution in [2.45, 2.75) is 19.5 Å². The second-order valence-corrected chi connectivity index (χ2v) is 10.8. The second-order valence-electron chi connectivity index (χ2n) is 10.8. The van der Waals surface area contributed by atoms with Crippen molar-refractivity contribution in [3.05, 3.63) is 107 Å². The maximum Gasteiger partial charge on any atom is 0.341 e. The molecule has 1 heterocycles. The van der Waals surface area contributed by atoms with Gasteiger partial charge in [-0.2, -0.15) is 0 Å². The third-order valence-corrected chi connectivity index (χ3v) is 7.62. The van der Waals surface area contributed by atoms with E-state index < -0.39 is 5.97 Å². The first-order valence-electron chi connectivity index (χ1n) is 14.0. The van der Waals surface area contributed by atoms with Crippen LogP contribution in [-0.4, -0.2) is 49.4 Å². The Morgan fingerprint density at radius 1 is 1.12 bits per heavy atom. The summed E-state index contributed by atoms with van der Waals surface area (Å²) in [5, 5.41) is 12.8. The predicted octanol–water partition coefficient (Wildman–Crippen LogP) is 4.48. The fourth-order valence-corrected chi connectivity index (χ4v) is 5.48. The molecule has 42 heavy (non-hydrogen) atoms. The maximum atomic E-state index is 12.6. The average Bonchev–Trinajstić information content (AvgIpc) is 3.81. The highest BCUT2D eigenvalue weighted by atomic mass is 16.5. The molecule has 9 heteroatoms. The van der Waals surface area contributed by atoms with Gasteiger partial charge >= 0.3 is 5.97 Å². The van der Waals surface area contributed by atoms with Crippen LogP contribution in [0.5, 0.6) is 5.75 Å². The van der Waals surface area contributed by atoms with E-state index in [1.807, 2.05) is 24.3 Å². The number of methoxy groups -OCH3 is 1. The molecule has 6 N–H and O–H groups in total. The first kappa shape index (κ1) is 28.9. The highest BCUT2D eigenvalue weighted by Crippen LogP contribution is 2.48. The molecule has 1 aliphatic heterocycles. The molecule has 0 spiro atoms. The van der Waals surface area contributed by atoms with E-state index in [1.54, 1.807) is 13.2 Å². The van der Waals surface area contributed by atoms with Gasteiger partial charge in [0.2, 0.25) is 0 Å². The first-order chi connectivity index (χ1) is 20.4. The molecule has 0 radical (unpaired) electrons. The number of nitrogens with one attached hydrogen (secondary N) is 2. The highest BCUT2D eigenvalue weighted by molar-refractivity contribution is 6.09. The molecule has 5 rings (SSSR count). The van der Waals surface area contributed by atoms with Crippen molar-refractivity contribution in [3.63, 3.8) is 0 Å². The van der Waals surface area contributed by atoms with Crippen LogP contribution in [0.2, 0.25) is 0 Å². The van der Waals surface area contributed by atoms with Crippen molar-refractivity contribution in [1.82, 2.24) is 9.91 Å². The fourth-order valence-electron chi connectivity index (χ4n) is 5.48. The minimum absolute atomic E-state index is 0.00863. The third-order valence-electron chi connectivity index (χ3n) is 7.62. The van der Waals surface area contributed by atoms with Gasteiger partial charge in [0.1, 0.15) is 12.4 Å². The topological polar surface area (TPSA) is 130 Å². The van der Waals surface area contributed by atoms with Gasteiger partial charge in [-0.3, -0.25) is 4.90 Å². The lowest BCUT2D eigenvalue weighted by Crippen LogP contribution is -2.25. The van der Waals surface area contributed by atoms with Crippen LogP contribution in [0.1, 0.15) is 17.5 Å². The van der Waals surface area contributed by atoms with Crippen molar-refractivity contribution in [1.29, 1.82) is 5.41 Å². The number of hydrazine groups is 1. The number of carbonyl (C=O) groups excluding carboxylic acids is 1. The largest absolute Gasteiger partial charge is 0.492 e. The van der Waals surface area contributed by atoms with Crippen LogP contribution in [0.3, 0.4) is 0 Å². The maximum absolute atomic E-state index is 12.6. The van der Waals surface area contributed by atoms with Crippen molar-refractivity contribution >= 4 is 17.9 Å². The molecule has 3 aromatic carbocycles. The Balaban J connectivity index is 1.37. The van der Waals surface area contributed by atoms with Gasteiger partial charge in [0, 0.05) is 73.6 Å². The van der Waals surface area contributed by atoms with Gasteiger partial charge in [-0.25, -0.2) is 10.6 Å². The Morgan fingerprint density at radius 2 is 1.88 bits per heavy atom. The number of nitrogens with two attached hydrogens (primary N) is 2. The van der Waals surface area contributed by atoms with Crippen molar-refractivity contribution < 1.29 is 14.3 Å². The van der Waals surface area contributed by atoms with Crippen LogP contribution in [0.25, 0.3) is 11.1 Å². The van der Waals surface area contributed by atoms with Gasteiger partial charge in [-0.1, -0.05) is 48.5 Å². The number of ether oxygens (including phenoxy) is 2. The molecule has 0 bridgehead atoms. The summed E-state index contributed by atoms with van der Waals surface area (Å²) in [6.07, 6.45) is 3.45. The van der Waals surface area contributed by atoms with E-state index >= 15 is 0 Å². The van der Waals surface area contributed by atoms with E-state index in [9.17, 15) is 4.79 Å². The zero-order chi connectivity index (χ0) is 29.6. The lowest BCUT2D eigenvalue weighted by atomic mass is 10.0. The number of anilines is 1. The molecule has 0 saturated heterocycles. The van der Waals surface area contributed by atoms with Crippen LogP contribution in [0, 0.1) is 17.2 Å². The van der Waals surface area contributed by atoms with Crippen molar-refractivity contribution in [2.75, 3.05) is 32.6 Å². The number of rotatable bonds is 10. The standard InChI is InChI=1S/C33H38N6O3/c1-38(36)21-30(35)27-17-28(27)32(29(18-34)33(40)41-2)37-26-11-6-10-24(16-26)23-9-5-7-22(15-23)19-39-13-14-42-31-12-4-3-8-25(31)20-39/h3-12,15-16,18,21,27-28,34,37H,13-14,17,19-20,35-36H2,1-2H3/b30-21-,32-29+,34-18?/t27?,28-/m1/s1. The van der Waals surface area contributed by atoms with Gasteiger partial charge in [0.15, 0.2) is 0 Å². The molecule has 1 unspecified atom stereocenters. The summed E-state index contributed by atoms with van der Waals surface area (Å²) in [6, 6.07) is 24.8. The Labute approximate surface area is 246 Å². The number of carbonyl (C=O) groups is 1. The van der Waals surface area contributed by atoms with E-state index in [-0.39, 0.29) is 17.4 Å². The number of hydrogen-bond acceptors (Lipinski definition) is 9. The number of allylic oxidation sites excluding steroid dienone is 2. The summed E-state index contributed by atoms with van der Waals surface area (Å²) in [7, 11) is 3.02. The molecule has 3 aromatic rings. The number of nitrogens with zero attached hydrogens (tertiary/aromatic N) is 2. The summed E-state index contributed by atoms with van der Waals surface area (Å²) in [4.78, 5) is 15.0. The molecule has 0 amide bonds. The fraction of sp³-hybridized carbons (Fsp3) is 0.273. The molecule has 218 valence electrons. The summed E-state index contributed by atoms with van der Waals surface area (Å²) in [5.41, 5.74) is 13.1. The normalized spacial score (nSPS) is 19.0. The van der Waals surface area contributed by atoms with E-state index in [2.05, 4.69) is 58.7 Å². The van der Waals surface area contributed by atoms with E-state index in [0.717, 1.165) is 54.8 Å². The quantitative estimate of drug-likeness (QED) is 0.0930. The van der Waals surface area contributed by atoms with Crippen LogP contribution >= 0.6 is 0 Å². The second kappa shape index (κ2) is 12.9. The summed E-state index contributed by atoms with van der Waals surface area (Å²) < 4.78 is 10.9. The Morgan fingerprint density at radius 3 is 2.64 bits per heavy atom. The Hall–Kier alpha value is -4.60. The number of esters is 1. The van der Waals surface area contributed by atoms with Gasteiger partial charge in [-0.15, -0.1) is 0 Å². The average molecular weight is 567 g/mol. The lowest BCUT2D eigenvalue weighted by molar-refractivity contribution is -0.135. The SMILES string of the molecule is COC(=O)/C(C=N)=C(/Nc1cccc(-c2cccc(CN3CCOc4ccccc4C3)c2)c1)[C@@H]1CC1/C(N)=C/N(C)N. The first-order valence-corrected chi connectivity index (χ1v) is 14.0. The highest BCUT2D eigenvalue weighted by Gasteiger charge is 2.44. The molecule has 9 nitrogen and oxygen atoms in total. The van der Waals surface area contributed by atoms with Crippen LogP contribution < -0.4 is 21.6 Å². The molecular weight excluding hydrogens is 528 g/mol. The molecule has 2 aliphatic rings. The van der Waals surface area contributed by atoms with Crippen LogP contribution in [-0.2, 0) is 22.6 Å².